The summed E-state index contributed by atoms with van der Waals surface area (Å²) in [5, 5.41) is 21.2. The number of hydrogen-bond donors (Lipinski definition) is 3. The number of aliphatic hydroxyl groups is 2. The van der Waals surface area contributed by atoms with Crippen LogP contribution in [0.15, 0.2) is 0 Å². The third kappa shape index (κ3) is 23.8. The molecule has 0 spiro atoms. The van der Waals surface area contributed by atoms with Crippen LogP contribution in [-0.2, 0) is 0 Å². The highest BCUT2D eigenvalue weighted by atomic mass is 16.3. The Bertz CT molecular complexity index is 261. The molecular formula is C24H51NO2. The van der Waals surface area contributed by atoms with Crippen LogP contribution in [0.1, 0.15) is 135 Å². The largest absolute Gasteiger partial charge is 0.395 e. The maximum Gasteiger partial charge on any atom is 0.104 e. The molecule has 3 N–H and O–H groups in total. The van der Waals surface area contributed by atoms with E-state index >= 15 is 0 Å². The third-order valence-electron chi connectivity index (χ3n) is 5.57. The van der Waals surface area contributed by atoms with Gasteiger partial charge in [0.25, 0.3) is 0 Å². The van der Waals surface area contributed by atoms with Gasteiger partial charge in [-0.1, -0.05) is 122 Å². The van der Waals surface area contributed by atoms with Gasteiger partial charge in [-0.15, -0.1) is 0 Å². The van der Waals surface area contributed by atoms with Crippen LogP contribution in [0.3, 0.4) is 0 Å². The van der Waals surface area contributed by atoms with Crippen LogP contribution >= 0.6 is 0 Å². The Balaban J connectivity index is 3.03. The van der Waals surface area contributed by atoms with Crippen molar-refractivity contribution < 1.29 is 10.2 Å². The molecule has 0 aromatic heterocycles. The molecule has 1 unspecified atom stereocenters. The summed E-state index contributed by atoms with van der Waals surface area (Å²) in [6, 6.07) is 0. The molecule has 0 aliphatic rings. The topological polar surface area (TPSA) is 52.5 Å². The van der Waals surface area contributed by atoms with Gasteiger partial charge in [0, 0.05) is 6.54 Å². The normalized spacial score (nSPS) is 12.6. The van der Waals surface area contributed by atoms with Gasteiger partial charge < -0.3 is 10.2 Å². The van der Waals surface area contributed by atoms with Gasteiger partial charge in [0.1, 0.15) is 6.23 Å². The first kappa shape index (κ1) is 26.9. The fourth-order valence-corrected chi connectivity index (χ4v) is 3.75. The molecule has 1 atom stereocenters. The first-order valence-corrected chi connectivity index (χ1v) is 12.3. The van der Waals surface area contributed by atoms with Crippen LogP contribution in [0.4, 0.5) is 0 Å². The van der Waals surface area contributed by atoms with E-state index in [4.69, 9.17) is 5.11 Å². The first-order valence-electron chi connectivity index (χ1n) is 12.3. The van der Waals surface area contributed by atoms with E-state index in [-0.39, 0.29) is 6.61 Å². The molecule has 0 fully saturated rings. The van der Waals surface area contributed by atoms with E-state index in [0.29, 0.717) is 6.54 Å². The highest BCUT2D eigenvalue weighted by molar-refractivity contribution is 4.55. The number of nitrogens with one attached hydrogen (secondary N) is 1. The molecule has 0 aliphatic carbocycles. The lowest BCUT2D eigenvalue weighted by molar-refractivity contribution is 0.116. The Morgan fingerprint density at radius 1 is 0.556 bits per heavy atom. The second-order valence-electron chi connectivity index (χ2n) is 8.35. The van der Waals surface area contributed by atoms with Gasteiger partial charge in [-0.05, 0) is 12.8 Å². The lowest BCUT2D eigenvalue weighted by Gasteiger charge is -2.11. The van der Waals surface area contributed by atoms with Crippen molar-refractivity contribution in [2.75, 3.05) is 13.2 Å². The average Bonchev–Trinajstić information content (AvgIpc) is 2.68. The molecule has 0 rings (SSSR count). The quantitative estimate of drug-likeness (QED) is 0.135. The van der Waals surface area contributed by atoms with Crippen molar-refractivity contribution in [3.63, 3.8) is 0 Å². The van der Waals surface area contributed by atoms with Gasteiger partial charge >= 0.3 is 0 Å². The van der Waals surface area contributed by atoms with E-state index in [2.05, 4.69) is 12.2 Å². The number of rotatable bonds is 23. The predicted molar refractivity (Wildman–Crippen MR) is 119 cm³/mol. The van der Waals surface area contributed by atoms with Crippen LogP contribution in [0, 0.1) is 0 Å². The Morgan fingerprint density at radius 2 is 0.889 bits per heavy atom. The summed E-state index contributed by atoms with van der Waals surface area (Å²) in [6.07, 6.45) is 26.8. The van der Waals surface area contributed by atoms with Crippen molar-refractivity contribution in [1.82, 2.24) is 5.32 Å². The van der Waals surface area contributed by atoms with Crippen molar-refractivity contribution in [1.29, 1.82) is 0 Å². The Labute approximate surface area is 170 Å². The van der Waals surface area contributed by atoms with Crippen LogP contribution < -0.4 is 5.32 Å². The first-order chi connectivity index (χ1) is 13.3. The molecule has 27 heavy (non-hydrogen) atoms. The van der Waals surface area contributed by atoms with Crippen LogP contribution in [0.2, 0.25) is 0 Å². The lowest BCUT2D eigenvalue weighted by Crippen LogP contribution is -2.30. The third-order valence-corrected chi connectivity index (χ3v) is 5.57. The molecule has 0 saturated heterocycles. The van der Waals surface area contributed by atoms with E-state index in [1.807, 2.05) is 0 Å². The zero-order valence-electron chi connectivity index (χ0n) is 18.5. The number of hydrogen-bond acceptors (Lipinski definition) is 3. The zero-order valence-corrected chi connectivity index (χ0v) is 18.5. The van der Waals surface area contributed by atoms with E-state index in [1.165, 1.54) is 116 Å². The van der Waals surface area contributed by atoms with E-state index in [1.54, 1.807) is 0 Å². The van der Waals surface area contributed by atoms with Crippen molar-refractivity contribution in [3.05, 3.63) is 0 Å². The van der Waals surface area contributed by atoms with Gasteiger partial charge in [0.2, 0.25) is 0 Å². The SMILES string of the molecule is CCCCCCCCCCCCCCCCCCCCCC(O)NCCO. The maximum absolute atomic E-state index is 9.60. The fourth-order valence-electron chi connectivity index (χ4n) is 3.75. The second kappa shape index (κ2) is 23.9. The van der Waals surface area contributed by atoms with Gasteiger partial charge in [-0.2, -0.15) is 0 Å². The number of unbranched alkanes of at least 4 members (excludes halogenated alkanes) is 18. The van der Waals surface area contributed by atoms with Crippen molar-refractivity contribution >= 4 is 0 Å². The fraction of sp³-hybridized carbons (Fsp3) is 1.00. The van der Waals surface area contributed by atoms with Crippen molar-refractivity contribution in [2.45, 2.75) is 142 Å². The minimum absolute atomic E-state index is 0.0935. The Morgan fingerprint density at radius 3 is 1.22 bits per heavy atom. The van der Waals surface area contributed by atoms with Gasteiger partial charge in [0.05, 0.1) is 6.61 Å². The molecule has 3 nitrogen and oxygen atoms in total. The summed E-state index contributed by atoms with van der Waals surface area (Å²) in [7, 11) is 0. The maximum atomic E-state index is 9.60. The lowest BCUT2D eigenvalue weighted by atomic mass is 10.0. The summed E-state index contributed by atoms with van der Waals surface area (Å²) >= 11 is 0. The molecular weight excluding hydrogens is 334 g/mol. The molecule has 0 aromatic rings. The summed E-state index contributed by atoms with van der Waals surface area (Å²) < 4.78 is 0. The van der Waals surface area contributed by atoms with E-state index < -0.39 is 6.23 Å². The molecule has 0 saturated carbocycles. The van der Waals surface area contributed by atoms with Gasteiger partial charge in [-0.25, -0.2) is 0 Å². The molecule has 0 bridgehead atoms. The Hall–Kier alpha value is -0.120. The molecule has 0 amide bonds. The summed E-state index contributed by atoms with van der Waals surface area (Å²) in [5.41, 5.74) is 0. The van der Waals surface area contributed by atoms with Crippen molar-refractivity contribution in [2.24, 2.45) is 0 Å². The van der Waals surface area contributed by atoms with E-state index in [9.17, 15) is 5.11 Å². The highest BCUT2D eigenvalue weighted by Crippen LogP contribution is 2.14. The highest BCUT2D eigenvalue weighted by Gasteiger charge is 2.01. The summed E-state index contributed by atoms with van der Waals surface area (Å²) in [5.74, 6) is 0. The van der Waals surface area contributed by atoms with Gasteiger partial charge in [0.15, 0.2) is 0 Å². The zero-order chi connectivity index (χ0) is 19.8. The minimum atomic E-state index is -0.442. The van der Waals surface area contributed by atoms with E-state index in [0.717, 1.165) is 12.8 Å². The molecule has 0 aromatic carbocycles. The Kier molecular flexibility index (Phi) is 23.8. The summed E-state index contributed by atoms with van der Waals surface area (Å²) in [4.78, 5) is 0. The van der Waals surface area contributed by atoms with Crippen LogP contribution in [0.25, 0.3) is 0 Å². The molecule has 0 heterocycles. The smallest absolute Gasteiger partial charge is 0.104 e. The van der Waals surface area contributed by atoms with Crippen molar-refractivity contribution in [3.8, 4) is 0 Å². The molecule has 0 aliphatic heterocycles. The van der Waals surface area contributed by atoms with Crippen LogP contribution in [-0.4, -0.2) is 29.6 Å². The predicted octanol–water partition coefficient (Wildman–Crippen LogP) is 6.71. The monoisotopic (exact) mass is 385 g/mol. The minimum Gasteiger partial charge on any atom is -0.395 e. The molecule has 0 radical (unpaired) electrons. The molecule has 3 heteroatoms. The van der Waals surface area contributed by atoms with Crippen LogP contribution in [0.5, 0.6) is 0 Å². The number of aliphatic hydroxyl groups excluding tert-OH is 2. The standard InChI is InChI=1S/C24H51NO2/c1-2-3-4-5-6-7-8-9-10-11-12-13-14-15-16-17-18-19-20-21-24(27)25-22-23-26/h24-27H,2-23H2,1H3. The summed E-state index contributed by atoms with van der Waals surface area (Å²) in [6.45, 7) is 2.87. The second-order valence-corrected chi connectivity index (χ2v) is 8.35. The molecule has 164 valence electrons. The van der Waals surface area contributed by atoms with Gasteiger partial charge in [-0.3, -0.25) is 5.32 Å². The average molecular weight is 386 g/mol.